The van der Waals surface area contributed by atoms with Crippen LogP contribution in [0.3, 0.4) is 0 Å². The van der Waals surface area contributed by atoms with Gasteiger partial charge in [0.2, 0.25) is 5.95 Å². The van der Waals surface area contributed by atoms with E-state index in [4.69, 9.17) is 28.8 Å². The molecule has 3 aromatic heterocycles. The Morgan fingerprint density at radius 1 is 0.931 bits per heavy atom. The Kier molecular flexibility index (Phi) is 4.81. The first-order valence-electron chi connectivity index (χ1n) is 10.1. The zero-order chi connectivity index (χ0) is 19.8. The van der Waals surface area contributed by atoms with Gasteiger partial charge < -0.3 is 23.7 Å². The van der Waals surface area contributed by atoms with Crippen molar-refractivity contribution in [2.45, 2.75) is 26.1 Å². The lowest BCUT2D eigenvalue weighted by Gasteiger charge is -2.36. The van der Waals surface area contributed by atoms with E-state index in [-0.39, 0.29) is 12.2 Å². The van der Waals surface area contributed by atoms with E-state index < -0.39 is 0 Å². The number of morpholine rings is 2. The van der Waals surface area contributed by atoms with Gasteiger partial charge >= 0.3 is 0 Å². The Morgan fingerprint density at radius 3 is 2.45 bits per heavy atom. The van der Waals surface area contributed by atoms with Gasteiger partial charge in [-0.25, -0.2) is 4.98 Å². The molecule has 29 heavy (non-hydrogen) atoms. The normalized spacial score (nSPS) is 23.0. The highest BCUT2D eigenvalue weighted by atomic mass is 16.5. The number of hydrogen-bond donors (Lipinski definition) is 0. The molecular weight excluding hydrogens is 370 g/mol. The molecule has 0 aromatic carbocycles. The van der Waals surface area contributed by atoms with E-state index in [1.165, 1.54) is 0 Å². The van der Waals surface area contributed by atoms with E-state index in [9.17, 15) is 0 Å². The van der Waals surface area contributed by atoms with Crippen LogP contribution in [0.2, 0.25) is 0 Å². The summed E-state index contributed by atoms with van der Waals surface area (Å²) in [6, 6.07) is 5.97. The first-order valence-corrected chi connectivity index (χ1v) is 10.1. The summed E-state index contributed by atoms with van der Waals surface area (Å²) in [6.07, 6.45) is 3.62. The van der Waals surface area contributed by atoms with Crippen molar-refractivity contribution in [2.75, 3.05) is 49.2 Å². The van der Waals surface area contributed by atoms with Crippen molar-refractivity contribution in [3.05, 3.63) is 30.7 Å². The van der Waals surface area contributed by atoms with Crippen molar-refractivity contribution in [1.82, 2.24) is 15.0 Å². The Labute approximate surface area is 169 Å². The molecule has 2 aliphatic rings. The Bertz CT molecular complexity index is 977. The van der Waals surface area contributed by atoms with E-state index in [0.29, 0.717) is 24.8 Å². The molecule has 8 heteroatoms. The molecule has 5 rings (SSSR count). The topological polar surface area (TPSA) is 76.8 Å². The smallest absolute Gasteiger partial charge is 0.229 e. The van der Waals surface area contributed by atoms with E-state index in [2.05, 4.69) is 29.7 Å². The molecule has 2 unspecified atom stereocenters. The molecule has 0 bridgehead atoms. The summed E-state index contributed by atoms with van der Waals surface area (Å²) in [4.78, 5) is 19.1. The highest BCUT2D eigenvalue weighted by Crippen LogP contribution is 2.30. The highest BCUT2D eigenvalue weighted by Gasteiger charge is 2.26. The number of aromatic nitrogens is 3. The minimum atomic E-state index is 0.134. The molecular formula is C21H25N5O3. The maximum absolute atomic E-state index is 5.89. The van der Waals surface area contributed by atoms with Crippen LogP contribution in [0.4, 0.5) is 11.8 Å². The summed E-state index contributed by atoms with van der Waals surface area (Å²) < 4.78 is 16.7. The summed E-state index contributed by atoms with van der Waals surface area (Å²) in [5.41, 5.74) is 2.48. The maximum atomic E-state index is 5.89. The van der Waals surface area contributed by atoms with Gasteiger partial charge in [-0.2, -0.15) is 9.97 Å². The molecule has 5 heterocycles. The molecule has 2 saturated heterocycles. The average Bonchev–Trinajstić information content (AvgIpc) is 3.27. The number of furan rings is 1. The van der Waals surface area contributed by atoms with Gasteiger partial charge in [0.25, 0.3) is 0 Å². The zero-order valence-corrected chi connectivity index (χ0v) is 16.7. The van der Waals surface area contributed by atoms with Crippen molar-refractivity contribution in [2.24, 2.45) is 0 Å². The lowest BCUT2D eigenvalue weighted by molar-refractivity contribution is -0.00570. The van der Waals surface area contributed by atoms with E-state index >= 15 is 0 Å². The summed E-state index contributed by atoms with van der Waals surface area (Å²) in [5.74, 6) is 1.63. The molecule has 8 nitrogen and oxygen atoms in total. The van der Waals surface area contributed by atoms with Gasteiger partial charge in [0.05, 0.1) is 49.0 Å². The number of fused-ring (bicyclic) bond motifs is 1. The third-order valence-corrected chi connectivity index (χ3v) is 5.36. The summed E-state index contributed by atoms with van der Waals surface area (Å²) in [5, 5.41) is 0.956. The number of anilines is 2. The van der Waals surface area contributed by atoms with Crippen molar-refractivity contribution < 1.29 is 13.9 Å². The molecule has 152 valence electrons. The van der Waals surface area contributed by atoms with Gasteiger partial charge in [-0.3, -0.25) is 0 Å². The number of rotatable bonds is 3. The minimum Gasteiger partial charge on any atom is -0.472 e. The van der Waals surface area contributed by atoms with Crippen LogP contribution >= 0.6 is 0 Å². The molecule has 0 spiro atoms. The van der Waals surface area contributed by atoms with Crippen LogP contribution in [-0.4, -0.2) is 66.6 Å². The van der Waals surface area contributed by atoms with Gasteiger partial charge in [0.15, 0.2) is 5.65 Å². The summed E-state index contributed by atoms with van der Waals surface area (Å²) in [7, 11) is 0. The third kappa shape index (κ3) is 3.65. The van der Waals surface area contributed by atoms with E-state index in [1.807, 2.05) is 12.1 Å². The lowest BCUT2D eigenvalue weighted by Crippen LogP contribution is -2.46. The van der Waals surface area contributed by atoms with Crippen LogP contribution in [0.15, 0.2) is 35.1 Å². The first-order chi connectivity index (χ1) is 14.2. The number of pyridine rings is 1. The van der Waals surface area contributed by atoms with Crippen LogP contribution in [0.5, 0.6) is 0 Å². The summed E-state index contributed by atoms with van der Waals surface area (Å²) >= 11 is 0. The Balaban J connectivity index is 1.62. The second-order valence-electron chi connectivity index (χ2n) is 7.69. The number of ether oxygens (including phenoxy) is 2. The lowest BCUT2D eigenvalue weighted by atomic mass is 10.2. The van der Waals surface area contributed by atoms with Crippen LogP contribution in [0.1, 0.15) is 13.8 Å². The number of nitrogens with zero attached hydrogens (tertiary/aromatic N) is 5. The van der Waals surface area contributed by atoms with Crippen molar-refractivity contribution >= 4 is 22.8 Å². The molecule has 0 N–H and O–H groups in total. The van der Waals surface area contributed by atoms with Gasteiger partial charge in [-0.05, 0) is 32.0 Å². The van der Waals surface area contributed by atoms with Crippen LogP contribution in [-0.2, 0) is 9.47 Å². The molecule has 2 fully saturated rings. The van der Waals surface area contributed by atoms with Crippen molar-refractivity contribution in [3.63, 3.8) is 0 Å². The fourth-order valence-corrected chi connectivity index (χ4v) is 4.05. The molecule has 2 atom stereocenters. The third-order valence-electron chi connectivity index (χ3n) is 5.36. The van der Waals surface area contributed by atoms with E-state index in [0.717, 1.165) is 48.6 Å². The SMILES string of the molecule is CC1CN(c2nc(N3CCOCC3)c3ccc(-c4ccoc4)nc3n2)CC(C)O1. The largest absolute Gasteiger partial charge is 0.472 e. The first kappa shape index (κ1) is 18.3. The van der Waals surface area contributed by atoms with Gasteiger partial charge in [0, 0.05) is 31.7 Å². The quantitative estimate of drug-likeness (QED) is 0.670. The van der Waals surface area contributed by atoms with Crippen molar-refractivity contribution in [3.8, 4) is 11.3 Å². The Morgan fingerprint density at radius 2 is 1.72 bits per heavy atom. The monoisotopic (exact) mass is 395 g/mol. The standard InChI is InChI=1S/C21H25N5O3/c1-14-11-26(12-15(2)29-14)21-23-19-17(20(24-21)25-6-9-27-10-7-25)3-4-18(22-19)16-5-8-28-13-16/h3-5,8,13-15H,6-7,9-12H2,1-2H3. The minimum absolute atomic E-state index is 0.134. The number of hydrogen-bond acceptors (Lipinski definition) is 8. The molecule has 0 amide bonds. The highest BCUT2D eigenvalue weighted by molar-refractivity contribution is 5.89. The average molecular weight is 395 g/mol. The second-order valence-corrected chi connectivity index (χ2v) is 7.69. The van der Waals surface area contributed by atoms with Crippen LogP contribution < -0.4 is 9.80 Å². The molecule has 0 radical (unpaired) electrons. The fourth-order valence-electron chi connectivity index (χ4n) is 4.05. The zero-order valence-electron chi connectivity index (χ0n) is 16.7. The van der Waals surface area contributed by atoms with E-state index in [1.54, 1.807) is 12.5 Å². The molecule has 2 aliphatic heterocycles. The summed E-state index contributed by atoms with van der Waals surface area (Å²) in [6.45, 7) is 8.72. The Hall–Kier alpha value is -2.71. The predicted octanol–water partition coefficient (Wildman–Crippen LogP) is 2.74. The maximum Gasteiger partial charge on any atom is 0.229 e. The van der Waals surface area contributed by atoms with Gasteiger partial charge in [0.1, 0.15) is 5.82 Å². The van der Waals surface area contributed by atoms with Crippen molar-refractivity contribution in [1.29, 1.82) is 0 Å². The molecule has 3 aromatic rings. The fraction of sp³-hybridized carbons (Fsp3) is 0.476. The van der Waals surface area contributed by atoms with Crippen LogP contribution in [0.25, 0.3) is 22.3 Å². The predicted molar refractivity (Wildman–Crippen MR) is 110 cm³/mol. The van der Waals surface area contributed by atoms with Gasteiger partial charge in [-0.1, -0.05) is 0 Å². The molecule has 0 aliphatic carbocycles. The van der Waals surface area contributed by atoms with Crippen LogP contribution in [0, 0.1) is 0 Å². The second kappa shape index (κ2) is 7.61. The van der Waals surface area contributed by atoms with Gasteiger partial charge in [-0.15, -0.1) is 0 Å². The molecule has 0 saturated carbocycles.